The summed E-state index contributed by atoms with van der Waals surface area (Å²) in [7, 11) is 1.60. The van der Waals surface area contributed by atoms with E-state index in [0.29, 0.717) is 27.7 Å². The Morgan fingerprint density at radius 1 is 1.23 bits per heavy atom. The normalized spacial score (nSPS) is 11.9. The number of rotatable bonds is 8. The number of carbonyl (C=O) groups is 2. The van der Waals surface area contributed by atoms with Gasteiger partial charge in [0.05, 0.1) is 35.9 Å². The van der Waals surface area contributed by atoms with Crippen molar-refractivity contribution in [1.29, 1.82) is 0 Å². The quantitative estimate of drug-likeness (QED) is 0.330. The van der Waals surface area contributed by atoms with Crippen molar-refractivity contribution in [3.05, 3.63) is 46.8 Å². The number of esters is 1. The third kappa shape index (κ3) is 4.23. The van der Waals surface area contributed by atoms with E-state index in [-0.39, 0.29) is 12.4 Å². The zero-order chi connectivity index (χ0) is 21.8. The number of tetrazole rings is 1. The number of thioether (sulfide) groups is 1. The van der Waals surface area contributed by atoms with Gasteiger partial charge >= 0.3 is 5.97 Å². The van der Waals surface area contributed by atoms with E-state index in [1.165, 1.54) is 11.8 Å². The van der Waals surface area contributed by atoms with E-state index in [1.54, 1.807) is 39.5 Å². The standard InChI is InChI=1S/C20H23N5O4S/c1-6-29-19(27)16-11(2)17(21-12(16)3)18(26)13(4)30-20-22-23-24-25(20)14-7-9-15(28-5)10-8-14/h7-10,13,21H,6H2,1-5H3/t13-/m1/s1. The molecule has 0 radical (unpaired) electrons. The van der Waals surface area contributed by atoms with Crippen LogP contribution in [0.2, 0.25) is 0 Å². The van der Waals surface area contributed by atoms with E-state index < -0.39 is 11.2 Å². The number of aryl methyl sites for hydroxylation is 1. The highest BCUT2D eigenvalue weighted by Gasteiger charge is 2.27. The summed E-state index contributed by atoms with van der Waals surface area (Å²) >= 11 is 1.24. The van der Waals surface area contributed by atoms with E-state index in [4.69, 9.17) is 9.47 Å². The SMILES string of the molecule is CCOC(=O)c1c(C)[nH]c(C(=O)[C@@H](C)Sc2nnnn2-c2ccc(OC)cc2)c1C. The van der Waals surface area contributed by atoms with E-state index in [2.05, 4.69) is 20.5 Å². The van der Waals surface area contributed by atoms with Crippen LogP contribution in [0.15, 0.2) is 29.4 Å². The van der Waals surface area contributed by atoms with Gasteiger partial charge in [0, 0.05) is 5.69 Å². The number of methoxy groups -OCH3 is 1. The molecule has 3 aromatic rings. The molecule has 0 aliphatic heterocycles. The smallest absolute Gasteiger partial charge is 0.340 e. The summed E-state index contributed by atoms with van der Waals surface area (Å²) in [4.78, 5) is 28.3. The number of hydrogen-bond acceptors (Lipinski definition) is 8. The number of ether oxygens (including phenoxy) is 2. The molecule has 3 rings (SSSR count). The van der Waals surface area contributed by atoms with Crippen molar-refractivity contribution in [3.63, 3.8) is 0 Å². The van der Waals surface area contributed by atoms with Crippen molar-refractivity contribution in [2.24, 2.45) is 0 Å². The molecule has 30 heavy (non-hydrogen) atoms. The van der Waals surface area contributed by atoms with Crippen LogP contribution in [0.5, 0.6) is 5.75 Å². The average Bonchev–Trinajstić information content (AvgIpc) is 3.31. The second kappa shape index (κ2) is 9.12. The first-order chi connectivity index (χ1) is 14.4. The highest BCUT2D eigenvalue weighted by Crippen LogP contribution is 2.28. The number of ketones is 1. The summed E-state index contributed by atoms with van der Waals surface area (Å²) in [5.74, 6) is 0.131. The van der Waals surface area contributed by atoms with Crippen LogP contribution in [-0.2, 0) is 4.74 Å². The maximum absolute atomic E-state index is 13.1. The van der Waals surface area contributed by atoms with Crippen molar-refractivity contribution in [2.45, 2.75) is 38.1 Å². The first kappa shape index (κ1) is 21.6. The lowest BCUT2D eigenvalue weighted by Crippen LogP contribution is -2.16. The fraction of sp³-hybridized carbons (Fsp3) is 0.350. The second-order valence-electron chi connectivity index (χ2n) is 6.54. The number of nitrogens with zero attached hydrogens (tertiary/aromatic N) is 4. The molecule has 0 saturated heterocycles. The Morgan fingerprint density at radius 3 is 2.57 bits per heavy atom. The van der Waals surface area contributed by atoms with Gasteiger partial charge in [0.15, 0.2) is 5.78 Å². The number of hydrogen-bond donors (Lipinski definition) is 1. The van der Waals surface area contributed by atoms with Crippen LogP contribution in [0.4, 0.5) is 0 Å². The number of H-pyrrole nitrogens is 1. The number of nitrogens with one attached hydrogen (secondary N) is 1. The van der Waals surface area contributed by atoms with E-state index in [1.807, 2.05) is 24.3 Å². The highest BCUT2D eigenvalue weighted by atomic mass is 32.2. The molecule has 0 unspecified atom stereocenters. The summed E-state index contributed by atoms with van der Waals surface area (Å²) in [6.07, 6.45) is 0. The predicted molar refractivity (Wildman–Crippen MR) is 112 cm³/mol. The van der Waals surface area contributed by atoms with E-state index in [0.717, 1.165) is 11.4 Å². The lowest BCUT2D eigenvalue weighted by atomic mass is 10.1. The van der Waals surface area contributed by atoms with Gasteiger partial charge in [-0.1, -0.05) is 11.8 Å². The minimum Gasteiger partial charge on any atom is -0.497 e. The molecular weight excluding hydrogens is 406 g/mol. The number of benzene rings is 1. The molecule has 2 heterocycles. The monoisotopic (exact) mass is 429 g/mol. The van der Waals surface area contributed by atoms with Gasteiger partial charge < -0.3 is 14.5 Å². The van der Waals surface area contributed by atoms with Crippen molar-refractivity contribution >= 4 is 23.5 Å². The number of Topliss-reactive ketones (excluding diaryl/α,β-unsaturated/α-hetero) is 1. The topological polar surface area (TPSA) is 112 Å². The summed E-state index contributed by atoms with van der Waals surface area (Å²) < 4.78 is 11.8. The molecule has 158 valence electrons. The Balaban J connectivity index is 1.81. The van der Waals surface area contributed by atoms with Gasteiger partial charge in [-0.05, 0) is 68.0 Å². The summed E-state index contributed by atoms with van der Waals surface area (Å²) in [5.41, 5.74) is 2.73. The second-order valence-corrected chi connectivity index (χ2v) is 7.85. The molecule has 0 spiro atoms. The summed E-state index contributed by atoms with van der Waals surface area (Å²) in [6.45, 7) is 7.28. The third-order valence-corrected chi connectivity index (χ3v) is 5.61. The van der Waals surface area contributed by atoms with Gasteiger partial charge in [0.1, 0.15) is 5.75 Å². The fourth-order valence-electron chi connectivity index (χ4n) is 3.06. The van der Waals surface area contributed by atoms with Crippen LogP contribution < -0.4 is 4.74 Å². The number of aromatic nitrogens is 5. The predicted octanol–water partition coefficient (Wildman–Crippen LogP) is 3.16. The van der Waals surface area contributed by atoms with Gasteiger partial charge in [-0.25, -0.2) is 4.79 Å². The fourth-order valence-corrected chi connectivity index (χ4v) is 3.93. The Kier molecular flexibility index (Phi) is 6.56. The van der Waals surface area contributed by atoms with E-state index >= 15 is 0 Å². The van der Waals surface area contributed by atoms with Crippen LogP contribution in [0, 0.1) is 13.8 Å². The largest absolute Gasteiger partial charge is 0.497 e. The Labute approximate surface area is 178 Å². The van der Waals surface area contributed by atoms with Crippen molar-refractivity contribution in [3.8, 4) is 11.4 Å². The Hall–Kier alpha value is -3.14. The number of aromatic amines is 1. The minimum atomic E-state index is -0.486. The first-order valence-electron chi connectivity index (χ1n) is 9.37. The van der Waals surface area contributed by atoms with Gasteiger partial charge in [0.2, 0.25) is 5.16 Å². The van der Waals surface area contributed by atoms with Crippen LogP contribution in [0.1, 0.15) is 46.0 Å². The molecule has 0 bridgehead atoms. The molecule has 1 aromatic carbocycles. The highest BCUT2D eigenvalue weighted by molar-refractivity contribution is 8.00. The minimum absolute atomic E-state index is 0.152. The molecule has 0 fully saturated rings. The Morgan fingerprint density at radius 2 is 1.93 bits per heavy atom. The zero-order valence-electron chi connectivity index (χ0n) is 17.4. The van der Waals surface area contributed by atoms with Crippen molar-refractivity contribution in [1.82, 2.24) is 25.2 Å². The first-order valence-corrected chi connectivity index (χ1v) is 10.2. The van der Waals surface area contributed by atoms with Crippen LogP contribution in [-0.4, -0.2) is 55.9 Å². The molecule has 0 amide bonds. The van der Waals surface area contributed by atoms with Crippen molar-refractivity contribution in [2.75, 3.05) is 13.7 Å². The molecule has 0 aliphatic carbocycles. The van der Waals surface area contributed by atoms with Gasteiger partial charge in [-0.15, -0.1) is 5.10 Å². The molecule has 1 atom stereocenters. The molecule has 9 nitrogen and oxygen atoms in total. The van der Waals surface area contributed by atoms with Crippen LogP contribution >= 0.6 is 11.8 Å². The average molecular weight is 430 g/mol. The summed E-state index contributed by atoms with van der Waals surface area (Å²) in [6, 6.07) is 7.27. The van der Waals surface area contributed by atoms with Gasteiger partial charge in [-0.3, -0.25) is 4.79 Å². The molecule has 1 N–H and O–H groups in total. The molecule has 0 saturated carbocycles. The van der Waals surface area contributed by atoms with Crippen LogP contribution in [0.3, 0.4) is 0 Å². The zero-order valence-corrected chi connectivity index (χ0v) is 18.2. The van der Waals surface area contributed by atoms with Gasteiger partial charge in [-0.2, -0.15) is 4.68 Å². The number of carbonyl (C=O) groups excluding carboxylic acids is 2. The molecule has 10 heteroatoms. The maximum atomic E-state index is 13.1. The summed E-state index contributed by atoms with van der Waals surface area (Å²) in [5, 5.41) is 11.8. The Bertz CT molecular complexity index is 1060. The lowest BCUT2D eigenvalue weighted by Gasteiger charge is -2.10. The molecule has 2 aromatic heterocycles. The van der Waals surface area contributed by atoms with Gasteiger partial charge in [0.25, 0.3) is 0 Å². The van der Waals surface area contributed by atoms with Crippen molar-refractivity contribution < 1.29 is 19.1 Å². The van der Waals surface area contributed by atoms with Crippen LogP contribution in [0.25, 0.3) is 5.69 Å². The lowest BCUT2D eigenvalue weighted by molar-refractivity contribution is 0.0525. The third-order valence-electron chi connectivity index (χ3n) is 4.57. The maximum Gasteiger partial charge on any atom is 0.340 e. The molecule has 0 aliphatic rings. The molecular formula is C20H23N5O4S. The van der Waals surface area contributed by atoms with E-state index in [9.17, 15) is 9.59 Å².